The Labute approximate surface area is 102 Å². The van der Waals surface area contributed by atoms with Crippen molar-refractivity contribution in [2.24, 2.45) is 0 Å². The Bertz CT molecular complexity index is 588. The molecular weight excluding hydrogens is 208 g/mol. The summed E-state index contributed by atoms with van der Waals surface area (Å²) in [4.78, 5) is 4.50. The normalized spacial score (nSPS) is 11.7. The predicted molar refractivity (Wildman–Crippen MR) is 73.8 cm³/mol. The van der Waals surface area contributed by atoms with E-state index in [2.05, 4.69) is 37.2 Å². The van der Waals surface area contributed by atoms with Crippen molar-refractivity contribution >= 4 is 16.7 Å². The second-order valence-corrected chi connectivity index (χ2v) is 3.83. The van der Waals surface area contributed by atoms with Gasteiger partial charge in [-0.15, -0.1) is 0 Å². The molecule has 0 bridgehead atoms. The van der Waals surface area contributed by atoms with Crippen molar-refractivity contribution in [2.45, 2.75) is 13.3 Å². The van der Waals surface area contributed by atoms with Crippen molar-refractivity contribution < 1.29 is 0 Å². The topological polar surface area (TPSA) is 17.8 Å². The van der Waals surface area contributed by atoms with Crippen molar-refractivity contribution in [3.05, 3.63) is 61.5 Å². The van der Waals surface area contributed by atoms with Gasteiger partial charge in [0.15, 0.2) is 0 Å². The van der Waals surface area contributed by atoms with Crippen LogP contribution in [-0.2, 0) is 6.42 Å². The van der Waals surface area contributed by atoms with Crippen LogP contribution in [0.15, 0.2) is 55.9 Å². The van der Waals surface area contributed by atoms with Crippen LogP contribution < -0.4 is 0 Å². The molecule has 0 atom stereocenters. The minimum absolute atomic E-state index is 0.954. The molecular formula is C15H16N2. The second kappa shape index (κ2) is 4.83. The predicted octanol–water partition coefficient (Wildman–Crippen LogP) is 3.81. The fraction of sp³-hybridized carbons (Fsp3) is 0.133. The number of fused-ring (bicyclic) bond motifs is 1. The number of rotatable bonds is 4. The van der Waals surface area contributed by atoms with Crippen molar-refractivity contribution in [3.8, 4) is 0 Å². The van der Waals surface area contributed by atoms with Gasteiger partial charge in [-0.3, -0.25) is 0 Å². The molecule has 0 aliphatic rings. The summed E-state index contributed by atoms with van der Waals surface area (Å²) < 4.78 is 2.02. The lowest BCUT2D eigenvalue weighted by molar-refractivity contribution is 1.09. The SMILES string of the molecule is C=C/C=C(\C=C)n1ccc2cc(CC)cnc21. The van der Waals surface area contributed by atoms with Crippen molar-refractivity contribution in [2.75, 3.05) is 0 Å². The first-order valence-electron chi connectivity index (χ1n) is 5.71. The van der Waals surface area contributed by atoms with Gasteiger partial charge in [-0.25, -0.2) is 4.98 Å². The van der Waals surface area contributed by atoms with E-state index in [4.69, 9.17) is 0 Å². The fourth-order valence-electron chi connectivity index (χ4n) is 1.84. The quantitative estimate of drug-likeness (QED) is 0.722. The third kappa shape index (κ3) is 2.07. The van der Waals surface area contributed by atoms with E-state index in [1.165, 1.54) is 5.56 Å². The van der Waals surface area contributed by atoms with Crippen LogP contribution in [0, 0.1) is 0 Å². The number of hydrogen-bond acceptors (Lipinski definition) is 1. The van der Waals surface area contributed by atoms with Gasteiger partial charge in [0.1, 0.15) is 5.65 Å². The van der Waals surface area contributed by atoms with Gasteiger partial charge < -0.3 is 4.57 Å². The van der Waals surface area contributed by atoms with Gasteiger partial charge in [0, 0.05) is 23.5 Å². The van der Waals surface area contributed by atoms with E-state index in [1.54, 1.807) is 12.2 Å². The summed E-state index contributed by atoms with van der Waals surface area (Å²) in [7, 11) is 0. The summed E-state index contributed by atoms with van der Waals surface area (Å²) in [6.45, 7) is 9.65. The van der Waals surface area contributed by atoms with Crippen LogP contribution in [0.4, 0.5) is 0 Å². The molecule has 0 unspecified atom stereocenters. The largest absolute Gasteiger partial charge is 0.301 e. The first kappa shape index (κ1) is 11.4. The van der Waals surface area contributed by atoms with E-state index in [9.17, 15) is 0 Å². The molecule has 0 saturated heterocycles. The van der Waals surface area contributed by atoms with E-state index in [-0.39, 0.29) is 0 Å². The average molecular weight is 224 g/mol. The average Bonchev–Trinajstić information content (AvgIpc) is 2.78. The molecule has 2 aromatic heterocycles. The summed E-state index contributed by atoms with van der Waals surface area (Å²) in [5.74, 6) is 0. The van der Waals surface area contributed by atoms with Gasteiger partial charge in [0.25, 0.3) is 0 Å². The Morgan fingerprint density at radius 2 is 2.29 bits per heavy atom. The van der Waals surface area contributed by atoms with Crippen molar-refractivity contribution in [3.63, 3.8) is 0 Å². The number of nitrogens with zero attached hydrogens (tertiary/aromatic N) is 2. The molecule has 0 spiro atoms. The fourth-order valence-corrected chi connectivity index (χ4v) is 1.84. The smallest absolute Gasteiger partial charge is 0.144 e. The van der Waals surface area contributed by atoms with Gasteiger partial charge in [-0.2, -0.15) is 0 Å². The van der Waals surface area contributed by atoms with Gasteiger partial charge in [-0.1, -0.05) is 26.2 Å². The summed E-state index contributed by atoms with van der Waals surface area (Å²) in [5, 5.41) is 1.15. The first-order valence-corrected chi connectivity index (χ1v) is 5.71. The molecule has 2 rings (SSSR count). The van der Waals surface area contributed by atoms with Gasteiger partial charge in [-0.05, 0) is 36.3 Å². The van der Waals surface area contributed by atoms with Crippen LogP contribution in [0.3, 0.4) is 0 Å². The Morgan fingerprint density at radius 3 is 2.94 bits per heavy atom. The number of hydrogen-bond donors (Lipinski definition) is 0. The summed E-state index contributed by atoms with van der Waals surface area (Å²) in [6.07, 6.45) is 10.4. The number of allylic oxidation sites excluding steroid dienone is 4. The molecule has 2 nitrogen and oxygen atoms in total. The Balaban J connectivity index is 2.60. The van der Waals surface area contributed by atoms with Gasteiger partial charge >= 0.3 is 0 Å². The summed E-state index contributed by atoms with van der Waals surface area (Å²) in [6, 6.07) is 4.25. The van der Waals surface area contributed by atoms with Crippen LogP contribution in [0.1, 0.15) is 12.5 Å². The van der Waals surface area contributed by atoms with Crippen molar-refractivity contribution in [1.82, 2.24) is 9.55 Å². The highest BCUT2D eigenvalue weighted by Crippen LogP contribution is 2.19. The molecule has 0 aromatic carbocycles. The van der Waals surface area contributed by atoms with E-state index >= 15 is 0 Å². The molecule has 2 aromatic rings. The zero-order chi connectivity index (χ0) is 12.3. The zero-order valence-electron chi connectivity index (χ0n) is 10.1. The maximum atomic E-state index is 4.50. The van der Waals surface area contributed by atoms with Crippen molar-refractivity contribution in [1.29, 1.82) is 0 Å². The van der Waals surface area contributed by atoms with E-state index in [1.807, 2.05) is 23.0 Å². The van der Waals surface area contributed by atoms with E-state index < -0.39 is 0 Å². The molecule has 0 fully saturated rings. The van der Waals surface area contributed by atoms with Crippen LogP contribution in [0.5, 0.6) is 0 Å². The molecule has 0 amide bonds. The van der Waals surface area contributed by atoms with Gasteiger partial charge in [0.2, 0.25) is 0 Å². The zero-order valence-corrected chi connectivity index (χ0v) is 10.1. The Hall–Kier alpha value is -2.09. The Morgan fingerprint density at radius 1 is 1.47 bits per heavy atom. The van der Waals surface area contributed by atoms with Crippen LogP contribution >= 0.6 is 0 Å². The number of pyridine rings is 1. The minimum atomic E-state index is 0.954. The number of aryl methyl sites for hydroxylation is 1. The lowest BCUT2D eigenvalue weighted by Gasteiger charge is -2.05. The molecule has 0 aliphatic carbocycles. The lowest BCUT2D eigenvalue weighted by atomic mass is 10.2. The van der Waals surface area contributed by atoms with Crippen LogP contribution in [0.25, 0.3) is 16.7 Å². The number of aromatic nitrogens is 2. The lowest BCUT2D eigenvalue weighted by Crippen LogP contribution is -1.94. The highest BCUT2D eigenvalue weighted by atomic mass is 15.0. The first-order chi connectivity index (χ1) is 8.30. The van der Waals surface area contributed by atoms with E-state index in [0.29, 0.717) is 0 Å². The highest BCUT2D eigenvalue weighted by molar-refractivity contribution is 5.81. The minimum Gasteiger partial charge on any atom is -0.301 e. The Kier molecular flexibility index (Phi) is 3.24. The molecule has 86 valence electrons. The molecule has 0 saturated carbocycles. The standard InChI is InChI=1S/C15H16N2/c1-4-7-14(6-3)17-9-8-13-10-12(5-2)11-16-15(13)17/h4,6-11H,1,3,5H2,2H3/b14-7+. The molecule has 2 heteroatoms. The van der Waals surface area contributed by atoms with Crippen LogP contribution in [0.2, 0.25) is 0 Å². The maximum Gasteiger partial charge on any atom is 0.144 e. The summed E-state index contributed by atoms with van der Waals surface area (Å²) in [5.41, 5.74) is 3.19. The molecule has 0 N–H and O–H groups in total. The summed E-state index contributed by atoms with van der Waals surface area (Å²) >= 11 is 0. The molecule has 17 heavy (non-hydrogen) atoms. The molecule has 0 aliphatic heterocycles. The van der Waals surface area contributed by atoms with Gasteiger partial charge in [0.05, 0.1) is 0 Å². The second-order valence-electron chi connectivity index (χ2n) is 3.83. The third-order valence-electron chi connectivity index (χ3n) is 2.77. The monoisotopic (exact) mass is 224 g/mol. The highest BCUT2D eigenvalue weighted by Gasteiger charge is 2.04. The van der Waals surface area contributed by atoms with E-state index in [0.717, 1.165) is 23.2 Å². The third-order valence-corrected chi connectivity index (χ3v) is 2.77. The molecule has 2 heterocycles. The van der Waals surface area contributed by atoms with Crippen LogP contribution in [-0.4, -0.2) is 9.55 Å². The molecule has 0 radical (unpaired) electrons. The maximum absolute atomic E-state index is 4.50.